The molecule has 0 saturated carbocycles. The second-order valence-electron chi connectivity index (χ2n) is 5.27. The molecule has 1 unspecified atom stereocenters. The highest BCUT2D eigenvalue weighted by molar-refractivity contribution is 5.69. The van der Waals surface area contributed by atoms with Crippen LogP contribution in [0.3, 0.4) is 0 Å². The lowest BCUT2D eigenvalue weighted by molar-refractivity contribution is -0.145. The summed E-state index contributed by atoms with van der Waals surface area (Å²) >= 11 is 0. The third kappa shape index (κ3) is 4.32. The van der Waals surface area contributed by atoms with Crippen molar-refractivity contribution in [2.45, 2.75) is 38.8 Å². The average molecular weight is 277 g/mol. The highest BCUT2D eigenvalue weighted by Gasteiger charge is 2.19. The lowest BCUT2D eigenvalue weighted by Gasteiger charge is -2.23. The number of benzene rings is 1. The number of esters is 1. The first kappa shape index (κ1) is 15.0. The molecule has 2 rings (SSSR count). The van der Waals surface area contributed by atoms with Crippen molar-refractivity contribution in [1.82, 2.24) is 4.90 Å². The van der Waals surface area contributed by atoms with E-state index in [1.165, 1.54) is 11.1 Å². The maximum atomic E-state index is 11.4. The normalized spacial score (nSPS) is 17.1. The van der Waals surface area contributed by atoms with E-state index in [0.717, 1.165) is 25.9 Å². The molecule has 1 aromatic carbocycles. The van der Waals surface area contributed by atoms with Crippen LogP contribution in [0.25, 0.3) is 0 Å². The summed E-state index contributed by atoms with van der Waals surface area (Å²) in [6.07, 6.45) is 1.59. The van der Waals surface area contributed by atoms with E-state index < -0.39 is 6.10 Å². The minimum atomic E-state index is -0.653. The number of aliphatic hydroxyl groups excluding tert-OH is 1. The van der Waals surface area contributed by atoms with Crippen molar-refractivity contribution in [3.63, 3.8) is 0 Å². The van der Waals surface area contributed by atoms with E-state index in [-0.39, 0.29) is 12.4 Å². The smallest absolute Gasteiger partial charge is 0.308 e. The molecule has 1 N–H and O–H groups in total. The van der Waals surface area contributed by atoms with Gasteiger partial charge >= 0.3 is 5.97 Å². The van der Waals surface area contributed by atoms with Gasteiger partial charge in [0.2, 0.25) is 0 Å². The Morgan fingerprint density at radius 2 is 2.15 bits per heavy atom. The molecule has 1 aromatic rings. The molecule has 4 heteroatoms. The third-order valence-electron chi connectivity index (χ3n) is 3.61. The van der Waals surface area contributed by atoms with Crippen molar-refractivity contribution in [3.8, 4) is 0 Å². The molecule has 20 heavy (non-hydrogen) atoms. The van der Waals surface area contributed by atoms with Crippen molar-refractivity contribution in [2.75, 3.05) is 19.7 Å². The summed E-state index contributed by atoms with van der Waals surface area (Å²) in [4.78, 5) is 13.6. The Bertz CT molecular complexity index is 447. The summed E-state index contributed by atoms with van der Waals surface area (Å²) in [6, 6.07) is 8.45. The number of ether oxygens (including phenoxy) is 1. The zero-order valence-electron chi connectivity index (χ0n) is 12.0. The molecule has 0 fully saturated rings. The molecule has 0 saturated heterocycles. The fourth-order valence-electron chi connectivity index (χ4n) is 2.70. The molecule has 0 bridgehead atoms. The average Bonchev–Trinajstić information content (AvgIpc) is 2.60. The van der Waals surface area contributed by atoms with Crippen molar-refractivity contribution >= 4 is 5.97 Å². The van der Waals surface area contributed by atoms with Gasteiger partial charge in [0.1, 0.15) is 0 Å². The first-order valence-corrected chi connectivity index (χ1v) is 7.32. The molecule has 0 spiro atoms. The number of aryl methyl sites for hydroxylation is 1. The number of nitrogens with zero attached hydrogens (tertiary/aromatic N) is 1. The number of hydrogen-bond acceptors (Lipinski definition) is 4. The summed E-state index contributed by atoms with van der Waals surface area (Å²) in [6.45, 7) is 4.45. The number of carbonyl (C=O) groups is 1. The molecule has 0 amide bonds. The van der Waals surface area contributed by atoms with Crippen LogP contribution in [0.4, 0.5) is 0 Å². The van der Waals surface area contributed by atoms with Gasteiger partial charge in [-0.25, -0.2) is 0 Å². The van der Waals surface area contributed by atoms with E-state index in [1.54, 1.807) is 6.92 Å². The van der Waals surface area contributed by atoms with Crippen LogP contribution >= 0.6 is 0 Å². The molecule has 4 nitrogen and oxygen atoms in total. The van der Waals surface area contributed by atoms with Crippen LogP contribution in [0.2, 0.25) is 0 Å². The van der Waals surface area contributed by atoms with E-state index >= 15 is 0 Å². The largest absolute Gasteiger partial charge is 0.466 e. The highest BCUT2D eigenvalue weighted by Crippen LogP contribution is 2.18. The van der Waals surface area contributed by atoms with Crippen LogP contribution in [-0.4, -0.2) is 41.8 Å². The van der Waals surface area contributed by atoms with Crippen LogP contribution in [0.1, 0.15) is 30.9 Å². The van der Waals surface area contributed by atoms with Gasteiger partial charge in [0.05, 0.1) is 19.1 Å². The van der Waals surface area contributed by atoms with Crippen LogP contribution in [0.15, 0.2) is 24.3 Å². The number of carbonyl (C=O) groups excluding carboxylic acids is 1. The number of rotatable bonds is 5. The minimum absolute atomic E-state index is 0.0754. The second-order valence-corrected chi connectivity index (χ2v) is 5.27. The summed E-state index contributed by atoms with van der Waals surface area (Å²) in [5.74, 6) is -0.324. The Morgan fingerprint density at radius 1 is 1.40 bits per heavy atom. The molecule has 1 heterocycles. The summed E-state index contributed by atoms with van der Waals surface area (Å²) in [5, 5.41) is 10.00. The zero-order chi connectivity index (χ0) is 14.4. The van der Waals surface area contributed by atoms with Gasteiger partial charge in [-0.1, -0.05) is 24.3 Å². The number of aliphatic hydroxyl groups is 1. The van der Waals surface area contributed by atoms with E-state index in [0.29, 0.717) is 13.2 Å². The molecule has 0 aromatic heterocycles. The van der Waals surface area contributed by atoms with Gasteiger partial charge in [-0.3, -0.25) is 9.69 Å². The van der Waals surface area contributed by atoms with Crippen molar-refractivity contribution in [3.05, 3.63) is 35.4 Å². The Hall–Kier alpha value is -1.39. The molecule has 0 radical (unpaired) electrons. The van der Waals surface area contributed by atoms with Crippen LogP contribution < -0.4 is 0 Å². The maximum Gasteiger partial charge on any atom is 0.308 e. The highest BCUT2D eigenvalue weighted by atomic mass is 16.5. The van der Waals surface area contributed by atoms with Crippen molar-refractivity contribution < 1.29 is 14.6 Å². The Kier molecular flexibility index (Phi) is 5.56. The lowest BCUT2D eigenvalue weighted by atomic mass is 10.0. The van der Waals surface area contributed by atoms with E-state index in [2.05, 4.69) is 29.2 Å². The third-order valence-corrected chi connectivity index (χ3v) is 3.61. The van der Waals surface area contributed by atoms with Crippen LogP contribution in [0.5, 0.6) is 0 Å². The molecule has 110 valence electrons. The van der Waals surface area contributed by atoms with Gasteiger partial charge in [-0.15, -0.1) is 0 Å². The van der Waals surface area contributed by atoms with E-state index in [4.69, 9.17) is 4.74 Å². The first-order valence-electron chi connectivity index (χ1n) is 7.32. The quantitative estimate of drug-likeness (QED) is 0.833. The van der Waals surface area contributed by atoms with Crippen LogP contribution in [0, 0.1) is 0 Å². The molecule has 1 aliphatic heterocycles. The minimum Gasteiger partial charge on any atom is -0.466 e. The predicted octanol–water partition coefficient (Wildman–Crippen LogP) is 1.75. The second kappa shape index (κ2) is 7.41. The molecular formula is C16H23NO3. The van der Waals surface area contributed by atoms with Gasteiger partial charge < -0.3 is 9.84 Å². The fourth-order valence-corrected chi connectivity index (χ4v) is 2.70. The maximum absolute atomic E-state index is 11.4. The fraction of sp³-hybridized carbons (Fsp3) is 0.562. The van der Waals surface area contributed by atoms with Crippen molar-refractivity contribution in [1.29, 1.82) is 0 Å². The standard InChI is InChI=1S/C16H23NO3/c1-2-20-16(19)10-15(18)12-17-9-5-8-13-6-3-4-7-14(13)11-17/h3-4,6-7,15,18H,2,5,8-12H2,1H3. The van der Waals surface area contributed by atoms with Crippen molar-refractivity contribution in [2.24, 2.45) is 0 Å². The number of fused-ring (bicyclic) bond motifs is 1. The van der Waals surface area contributed by atoms with Gasteiger partial charge in [0, 0.05) is 13.1 Å². The Morgan fingerprint density at radius 3 is 2.90 bits per heavy atom. The molecule has 1 aliphatic rings. The lowest BCUT2D eigenvalue weighted by Crippen LogP contribution is -2.33. The van der Waals surface area contributed by atoms with Gasteiger partial charge in [0.25, 0.3) is 0 Å². The number of β-amino-alcohol motifs (C(OH)–C–C–N with tert-alkyl or cyclic N) is 1. The van der Waals surface area contributed by atoms with E-state index in [1.807, 2.05) is 0 Å². The first-order chi connectivity index (χ1) is 9.69. The zero-order valence-corrected chi connectivity index (χ0v) is 12.0. The molecular weight excluding hydrogens is 254 g/mol. The molecule has 0 aliphatic carbocycles. The Balaban J connectivity index is 1.89. The summed E-state index contributed by atoms with van der Waals surface area (Å²) in [5.41, 5.74) is 2.73. The monoisotopic (exact) mass is 277 g/mol. The van der Waals surface area contributed by atoms with Gasteiger partial charge in [-0.05, 0) is 37.4 Å². The van der Waals surface area contributed by atoms with Gasteiger partial charge in [0.15, 0.2) is 0 Å². The summed E-state index contributed by atoms with van der Waals surface area (Å²) in [7, 11) is 0. The predicted molar refractivity (Wildman–Crippen MR) is 77.3 cm³/mol. The topological polar surface area (TPSA) is 49.8 Å². The number of hydrogen-bond donors (Lipinski definition) is 1. The molecule has 1 atom stereocenters. The van der Waals surface area contributed by atoms with Crippen LogP contribution in [-0.2, 0) is 22.5 Å². The Labute approximate surface area is 120 Å². The van der Waals surface area contributed by atoms with Gasteiger partial charge in [-0.2, -0.15) is 0 Å². The SMILES string of the molecule is CCOC(=O)CC(O)CN1CCCc2ccccc2C1. The van der Waals surface area contributed by atoms with E-state index in [9.17, 15) is 9.90 Å². The summed E-state index contributed by atoms with van der Waals surface area (Å²) < 4.78 is 4.87.